The predicted molar refractivity (Wildman–Crippen MR) is 92.8 cm³/mol. The standard InChI is InChI=1S/C20H21FN2O/c1-15-4-2-3-5-16(15)14-24-20-8-6-18(7-9-20)23-13-17(21)12-19(23)10-11-22/h2-9,17,19H,10,12-14H2,1H3/t17-,19+/m0/s1. The van der Waals surface area contributed by atoms with Crippen LogP contribution in [0.4, 0.5) is 10.1 Å². The molecule has 2 aromatic carbocycles. The van der Waals surface area contributed by atoms with Gasteiger partial charge in [0.25, 0.3) is 0 Å². The van der Waals surface area contributed by atoms with Crippen LogP contribution in [0, 0.1) is 18.3 Å². The normalized spacial score (nSPS) is 20.0. The van der Waals surface area contributed by atoms with Crippen molar-refractivity contribution in [3.05, 3.63) is 59.7 Å². The zero-order valence-corrected chi connectivity index (χ0v) is 13.8. The van der Waals surface area contributed by atoms with E-state index in [9.17, 15) is 4.39 Å². The first kappa shape index (κ1) is 16.3. The van der Waals surface area contributed by atoms with Gasteiger partial charge >= 0.3 is 0 Å². The molecule has 4 heteroatoms. The Morgan fingerprint density at radius 3 is 2.67 bits per heavy atom. The van der Waals surface area contributed by atoms with Gasteiger partial charge in [-0.2, -0.15) is 5.26 Å². The van der Waals surface area contributed by atoms with Gasteiger partial charge in [0.1, 0.15) is 18.5 Å². The van der Waals surface area contributed by atoms with E-state index in [1.54, 1.807) is 0 Å². The van der Waals surface area contributed by atoms with Gasteiger partial charge < -0.3 is 9.64 Å². The molecule has 3 rings (SSSR count). The molecular weight excluding hydrogens is 303 g/mol. The van der Waals surface area contributed by atoms with Crippen LogP contribution in [0.3, 0.4) is 0 Å². The van der Waals surface area contributed by atoms with Crippen molar-refractivity contribution in [2.45, 2.75) is 38.6 Å². The Morgan fingerprint density at radius 1 is 1.21 bits per heavy atom. The molecule has 1 saturated heterocycles. The molecule has 1 fully saturated rings. The van der Waals surface area contributed by atoms with Crippen molar-refractivity contribution in [3.8, 4) is 11.8 Å². The molecular formula is C20H21FN2O. The smallest absolute Gasteiger partial charge is 0.120 e. The van der Waals surface area contributed by atoms with Crippen molar-refractivity contribution in [2.75, 3.05) is 11.4 Å². The van der Waals surface area contributed by atoms with Crippen LogP contribution in [0.5, 0.6) is 5.75 Å². The Labute approximate surface area is 142 Å². The van der Waals surface area contributed by atoms with Crippen LogP contribution in [0.1, 0.15) is 24.0 Å². The summed E-state index contributed by atoms with van der Waals surface area (Å²) in [5, 5.41) is 8.90. The highest BCUT2D eigenvalue weighted by atomic mass is 19.1. The molecule has 124 valence electrons. The molecule has 24 heavy (non-hydrogen) atoms. The Bertz CT molecular complexity index is 723. The quantitative estimate of drug-likeness (QED) is 0.817. The van der Waals surface area contributed by atoms with Crippen LogP contribution in [0.25, 0.3) is 0 Å². The molecule has 1 heterocycles. The number of rotatable bonds is 5. The fraction of sp³-hybridized carbons (Fsp3) is 0.350. The number of hydrogen-bond donors (Lipinski definition) is 0. The van der Waals surface area contributed by atoms with Crippen molar-refractivity contribution >= 4 is 5.69 Å². The minimum atomic E-state index is -0.861. The zero-order valence-electron chi connectivity index (χ0n) is 13.8. The fourth-order valence-electron chi connectivity index (χ4n) is 3.14. The molecule has 0 N–H and O–H groups in total. The molecule has 0 spiro atoms. The molecule has 1 aliphatic heterocycles. The Hall–Kier alpha value is -2.54. The molecule has 0 bridgehead atoms. The van der Waals surface area contributed by atoms with E-state index in [0.29, 0.717) is 26.0 Å². The molecule has 0 aromatic heterocycles. The molecule has 0 amide bonds. The summed E-state index contributed by atoms with van der Waals surface area (Å²) in [6.45, 7) is 2.95. The monoisotopic (exact) mass is 324 g/mol. The third-order valence-corrected chi connectivity index (χ3v) is 4.51. The number of alkyl halides is 1. The van der Waals surface area contributed by atoms with Gasteiger partial charge in [0.05, 0.1) is 12.5 Å². The number of hydrogen-bond acceptors (Lipinski definition) is 3. The number of anilines is 1. The second kappa shape index (κ2) is 7.35. The number of nitrogens with zero attached hydrogens (tertiary/aromatic N) is 2. The van der Waals surface area contributed by atoms with Crippen LogP contribution in [-0.2, 0) is 6.61 Å². The van der Waals surface area contributed by atoms with Gasteiger partial charge in [-0.05, 0) is 42.3 Å². The van der Waals surface area contributed by atoms with Crippen LogP contribution < -0.4 is 9.64 Å². The summed E-state index contributed by atoms with van der Waals surface area (Å²) in [6, 6.07) is 17.9. The lowest BCUT2D eigenvalue weighted by Crippen LogP contribution is -2.29. The Kier molecular flexibility index (Phi) is 5.00. The van der Waals surface area contributed by atoms with Crippen LogP contribution in [-0.4, -0.2) is 18.8 Å². The summed E-state index contributed by atoms with van der Waals surface area (Å²) in [6.07, 6.45) is -0.0780. The average Bonchev–Trinajstić information content (AvgIpc) is 2.95. The van der Waals surface area contributed by atoms with E-state index in [4.69, 9.17) is 10.00 Å². The van der Waals surface area contributed by atoms with Gasteiger partial charge in [-0.25, -0.2) is 4.39 Å². The van der Waals surface area contributed by atoms with Crippen molar-refractivity contribution in [3.63, 3.8) is 0 Å². The lowest BCUT2D eigenvalue weighted by molar-refractivity contribution is 0.305. The molecule has 3 nitrogen and oxygen atoms in total. The largest absolute Gasteiger partial charge is 0.489 e. The van der Waals surface area contributed by atoms with E-state index < -0.39 is 6.17 Å². The number of benzene rings is 2. The highest BCUT2D eigenvalue weighted by molar-refractivity contribution is 5.51. The topological polar surface area (TPSA) is 36.3 Å². The van der Waals surface area contributed by atoms with Crippen LogP contribution in [0.15, 0.2) is 48.5 Å². The first-order valence-corrected chi connectivity index (χ1v) is 8.22. The summed E-state index contributed by atoms with van der Waals surface area (Å²) in [5.74, 6) is 0.787. The van der Waals surface area contributed by atoms with Gasteiger partial charge in [-0.3, -0.25) is 0 Å². The van der Waals surface area contributed by atoms with Gasteiger partial charge in [0.2, 0.25) is 0 Å². The second-order valence-electron chi connectivity index (χ2n) is 6.21. The molecule has 2 aromatic rings. The van der Waals surface area contributed by atoms with Crippen LogP contribution >= 0.6 is 0 Å². The number of ether oxygens (including phenoxy) is 1. The lowest BCUT2D eigenvalue weighted by atomic mass is 10.1. The van der Waals surface area contributed by atoms with Gasteiger partial charge in [0.15, 0.2) is 0 Å². The first-order valence-electron chi connectivity index (χ1n) is 8.22. The van der Waals surface area contributed by atoms with Crippen molar-refractivity contribution in [1.82, 2.24) is 0 Å². The van der Waals surface area contributed by atoms with E-state index in [0.717, 1.165) is 17.0 Å². The summed E-state index contributed by atoms with van der Waals surface area (Å²) in [4.78, 5) is 1.99. The van der Waals surface area contributed by atoms with Crippen molar-refractivity contribution in [2.24, 2.45) is 0 Å². The minimum Gasteiger partial charge on any atom is -0.489 e. The van der Waals surface area contributed by atoms with Gasteiger partial charge in [0, 0.05) is 24.7 Å². The number of halogens is 1. The van der Waals surface area contributed by atoms with Crippen molar-refractivity contribution in [1.29, 1.82) is 5.26 Å². The summed E-state index contributed by atoms with van der Waals surface area (Å²) in [5.41, 5.74) is 3.31. The number of aryl methyl sites for hydroxylation is 1. The molecule has 0 saturated carbocycles. The predicted octanol–water partition coefficient (Wildman–Crippen LogP) is 4.40. The maximum absolute atomic E-state index is 13.7. The van der Waals surface area contributed by atoms with Gasteiger partial charge in [-0.15, -0.1) is 0 Å². The summed E-state index contributed by atoms with van der Waals surface area (Å²) < 4.78 is 19.5. The van der Waals surface area contributed by atoms with E-state index in [1.165, 1.54) is 5.56 Å². The maximum Gasteiger partial charge on any atom is 0.120 e. The van der Waals surface area contributed by atoms with Gasteiger partial charge in [-0.1, -0.05) is 24.3 Å². The average molecular weight is 324 g/mol. The van der Waals surface area contributed by atoms with E-state index in [-0.39, 0.29) is 6.04 Å². The van der Waals surface area contributed by atoms with E-state index >= 15 is 0 Å². The summed E-state index contributed by atoms with van der Waals surface area (Å²) >= 11 is 0. The maximum atomic E-state index is 13.7. The highest BCUT2D eigenvalue weighted by Gasteiger charge is 2.31. The third-order valence-electron chi connectivity index (χ3n) is 4.51. The minimum absolute atomic E-state index is 0.0382. The SMILES string of the molecule is Cc1ccccc1COc1ccc(N2C[C@@H](F)C[C@H]2CC#N)cc1. The van der Waals surface area contributed by atoms with E-state index in [2.05, 4.69) is 25.1 Å². The fourth-order valence-corrected chi connectivity index (χ4v) is 3.14. The zero-order chi connectivity index (χ0) is 16.9. The third kappa shape index (κ3) is 3.68. The number of nitriles is 1. The molecule has 2 atom stereocenters. The first-order chi connectivity index (χ1) is 11.7. The Balaban J connectivity index is 1.65. The summed E-state index contributed by atoms with van der Waals surface area (Å²) in [7, 11) is 0. The molecule has 0 unspecified atom stereocenters. The van der Waals surface area contributed by atoms with Crippen LogP contribution in [0.2, 0.25) is 0 Å². The molecule has 1 aliphatic rings. The lowest BCUT2D eigenvalue weighted by Gasteiger charge is -2.24. The highest BCUT2D eigenvalue weighted by Crippen LogP contribution is 2.30. The van der Waals surface area contributed by atoms with E-state index in [1.807, 2.05) is 41.3 Å². The van der Waals surface area contributed by atoms with Crippen molar-refractivity contribution < 1.29 is 9.13 Å². The second-order valence-corrected chi connectivity index (χ2v) is 6.21. The Morgan fingerprint density at radius 2 is 1.96 bits per heavy atom. The molecule has 0 aliphatic carbocycles. The molecule has 0 radical (unpaired) electrons.